The first-order valence-electron chi connectivity index (χ1n) is 4.75. The van der Waals surface area contributed by atoms with Crippen LogP contribution >= 0.6 is 0 Å². The molecule has 0 aliphatic carbocycles. The quantitative estimate of drug-likeness (QED) is 0.711. The molecule has 1 saturated heterocycles. The van der Waals surface area contributed by atoms with Gasteiger partial charge < -0.3 is 9.64 Å². The molecule has 0 radical (unpaired) electrons. The molecule has 0 saturated carbocycles. The van der Waals surface area contributed by atoms with E-state index in [-0.39, 0.29) is 6.04 Å². The van der Waals surface area contributed by atoms with Crippen LogP contribution in [-0.2, 0) is 9.53 Å². The average Bonchev–Trinajstić information content (AvgIpc) is 2.65. The monoisotopic (exact) mass is 225 g/mol. The average molecular weight is 225 g/mol. The number of hydrogen-bond acceptors (Lipinski definition) is 2. The lowest BCUT2D eigenvalue weighted by molar-refractivity contribution is -0.185. The van der Waals surface area contributed by atoms with Crippen molar-refractivity contribution in [3.63, 3.8) is 0 Å². The van der Waals surface area contributed by atoms with Crippen molar-refractivity contribution in [2.75, 3.05) is 20.3 Å². The Balaban J connectivity index is 2.59. The molecule has 0 aromatic carbocycles. The number of alkyl halides is 3. The Bertz CT molecular complexity index is 236. The van der Waals surface area contributed by atoms with Gasteiger partial charge in [0.15, 0.2) is 0 Å². The summed E-state index contributed by atoms with van der Waals surface area (Å²) in [5.74, 6) is -2.83. The van der Waals surface area contributed by atoms with Gasteiger partial charge in [-0.2, -0.15) is 13.2 Å². The van der Waals surface area contributed by atoms with Crippen molar-refractivity contribution in [3.8, 4) is 0 Å². The van der Waals surface area contributed by atoms with Gasteiger partial charge in [0.2, 0.25) is 5.91 Å². The van der Waals surface area contributed by atoms with Crippen LogP contribution in [0, 0.1) is 5.92 Å². The van der Waals surface area contributed by atoms with Crippen molar-refractivity contribution in [1.29, 1.82) is 0 Å². The Kier molecular flexibility index (Phi) is 3.59. The number of ether oxygens (including phenoxy) is 1. The number of carbonyl (C=O) groups is 1. The summed E-state index contributed by atoms with van der Waals surface area (Å²) in [5.41, 5.74) is 0. The normalized spacial score (nSPS) is 23.9. The molecule has 0 spiro atoms. The van der Waals surface area contributed by atoms with E-state index in [1.165, 1.54) is 7.05 Å². The third-order valence-electron chi connectivity index (χ3n) is 2.66. The standard InChI is InChI=1S/C9H14F3NO2/c1-6(9(10,11)12)8(14)13(2)7-3-4-15-5-7/h6-7H,3-5H2,1-2H3. The van der Waals surface area contributed by atoms with Crippen molar-refractivity contribution in [3.05, 3.63) is 0 Å². The van der Waals surface area contributed by atoms with E-state index in [4.69, 9.17) is 4.74 Å². The van der Waals surface area contributed by atoms with Crippen molar-refractivity contribution < 1.29 is 22.7 Å². The molecule has 2 unspecified atom stereocenters. The van der Waals surface area contributed by atoms with E-state index >= 15 is 0 Å². The summed E-state index contributed by atoms with van der Waals surface area (Å²) < 4.78 is 41.8. The smallest absolute Gasteiger partial charge is 0.379 e. The summed E-state index contributed by atoms with van der Waals surface area (Å²) in [6.45, 7) is 1.71. The Morgan fingerprint density at radius 2 is 2.13 bits per heavy atom. The molecule has 6 heteroatoms. The molecular weight excluding hydrogens is 211 g/mol. The number of halogens is 3. The maximum Gasteiger partial charge on any atom is 0.400 e. The van der Waals surface area contributed by atoms with Crippen LogP contribution in [0.4, 0.5) is 13.2 Å². The van der Waals surface area contributed by atoms with Gasteiger partial charge in [0.1, 0.15) is 5.92 Å². The highest BCUT2D eigenvalue weighted by molar-refractivity contribution is 5.79. The van der Waals surface area contributed by atoms with Gasteiger partial charge in [-0.25, -0.2) is 0 Å². The van der Waals surface area contributed by atoms with E-state index in [1.807, 2.05) is 0 Å². The van der Waals surface area contributed by atoms with Crippen LogP contribution in [0.5, 0.6) is 0 Å². The van der Waals surface area contributed by atoms with E-state index in [1.54, 1.807) is 0 Å². The van der Waals surface area contributed by atoms with Crippen molar-refractivity contribution in [2.45, 2.75) is 25.6 Å². The van der Waals surface area contributed by atoms with Gasteiger partial charge in [-0.1, -0.05) is 0 Å². The molecule has 15 heavy (non-hydrogen) atoms. The zero-order valence-electron chi connectivity index (χ0n) is 8.67. The van der Waals surface area contributed by atoms with Crippen molar-refractivity contribution >= 4 is 5.91 Å². The summed E-state index contributed by atoms with van der Waals surface area (Å²) >= 11 is 0. The summed E-state index contributed by atoms with van der Waals surface area (Å²) in [4.78, 5) is 12.6. The lowest BCUT2D eigenvalue weighted by Gasteiger charge is -2.27. The van der Waals surface area contributed by atoms with Crippen LogP contribution in [0.25, 0.3) is 0 Å². The SMILES string of the molecule is CC(C(=O)N(C)C1CCOC1)C(F)(F)F. The van der Waals surface area contributed by atoms with Crippen molar-refractivity contribution in [1.82, 2.24) is 4.90 Å². The highest BCUT2D eigenvalue weighted by Gasteiger charge is 2.43. The fraction of sp³-hybridized carbons (Fsp3) is 0.889. The van der Waals surface area contributed by atoms with Crippen LogP contribution in [0.3, 0.4) is 0 Å². The van der Waals surface area contributed by atoms with Crippen LogP contribution in [0.2, 0.25) is 0 Å². The van der Waals surface area contributed by atoms with E-state index in [2.05, 4.69) is 0 Å². The van der Waals surface area contributed by atoms with Gasteiger partial charge in [-0.15, -0.1) is 0 Å². The Morgan fingerprint density at radius 1 is 1.53 bits per heavy atom. The summed E-state index contributed by atoms with van der Waals surface area (Å²) in [5, 5.41) is 0. The molecule has 88 valence electrons. The van der Waals surface area contributed by atoms with E-state index < -0.39 is 18.0 Å². The molecule has 0 N–H and O–H groups in total. The minimum Gasteiger partial charge on any atom is -0.379 e. The van der Waals surface area contributed by atoms with Gasteiger partial charge in [-0.3, -0.25) is 4.79 Å². The second-order valence-electron chi connectivity index (χ2n) is 3.73. The number of carbonyl (C=O) groups excluding carboxylic acids is 1. The Labute approximate surface area is 86.2 Å². The second kappa shape index (κ2) is 4.38. The van der Waals surface area contributed by atoms with E-state index in [0.717, 1.165) is 11.8 Å². The molecule has 1 fully saturated rings. The molecule has 1 rings (SSSR count). The maximum atomic E-state index is 12.3. The number of likely N-dealkylation sites (N-methyl/N-ethyl adjacent to an activating group) is 1. The lowest BCUT2D eigenvalue weighted by Crippen LogP contribution is -2.44. The number of nitrogens with zero attached hydrogens (tertiary/aromatic N) is 1. The molecule has 1 aliphatic heterocycles. The largest absolute Gasteiger partial charge is 0.400 e. The molecule has 0 aromatic rings. The molecule has 0 bridgehead atoms. The van der Waals surface area contributed by atoms with Gasteiger partial charge in [0.25, 0.3) is 0 Å². The fourth-order valence-corrected chi connectivity index (χ4v) is 1.45. The predicted molar refractivity (Wildman–Crippen MR) is 47.2 cm³/mol. The van der Waals surface area contributed by atoms with Crippen LogP contribution in [0.1, 0.15) is 13.3 Å². The summed E-state index contributed by atoms with van der Waals surface area (Å²) in [6.07, 6.45) is -3.86. The highest BCUT2D eigenvalue weighted by atomic mass is 19.4. The summed E-state index contributed by atoms with van der Waals surface area (Å²) in [6, 6.07) is -0.220. The molecule has 1 aliphatic rings. The first-order valence-corrected chi connectivity index (χ1v) is 4.75. The Morgan fingerprint density at radius 3 is 2.53 bits per heavy atom. The highest BCUT2D eigenvalue weighted by Crippen LogP contribution is 2.28. The van der Waals surface area contributed by atoms with Crippen LogP contribution < -0.4 is 0 Å². The lowest BCUT2D eigenvalue weighted by atomic mass is 10.1. The predicted octanol–water partition coefficient (Wildman–Crippen LogP) is 1.43. The number of rotatable bonds is 2. The van der Waals surface area contributed by atoms with Crippen LogP contribution in [-0.4, -0.2) is 43.3 Å². The van der Waals surface area contributed by atoms with Gasteiger partial charge in [0.05, 0.1) is 12.6 Å². The third-order valence-corrected chi connectivity index (χ3v) is 2.66. The minimum absolute atomic E-state index is 0.220. The Hall–Kier alpha value is -0.780. The maximum absolute atomic E-state index is 12.3. The third kappa shape index (κ3) is 2.84. The van der Waals surface area contributed by atoms with E-state index in [9.17, 15) is 18.0 Å². The fourth-order valence-electron chi connectivity index (χ4n) is 1.45. The molecule has 2 atom stereocenters. The van der Waals surface area contributed by atoms with Gasteiger partial charge in [0, 0.05) is 13.7 Å². The van der Waals surface area contributed by atoms with E-state index in [0.29, 0.717) is 19.6 Å². The first kappa shape index (κ1) is 12.3. The molecular formula is C9H14F3NO2. The van der Waals surface area contributed by atoms with Crippen LogP contribution in [0.15, 0.2) is 0 Å². The number of amides is 1. The molecule has 1 heterocycles. The minimum atomic E-state index is -4.47. The second-order valence-corrected chi connectivity index (χ2v) is 3.73. The van der Waals surface area contributed by atoms with Crippen molar-refractivity contribution in [2.24, 2.45) is 5.92 Å². The first-order chi connectivity index (χ1) is 6.84. The zero-order valence-corrected chi connectivity index (χ0v) is 8.67. The molecule has 1 amide bonds. The topological polar surface area (TPSA) is 29.5 Å². The molecule has 3 nitrogen and oxygen atoms in total. The van der Waals surface area contributed by atoms with Gasteiger partial charge >= 0.3 is 6.18 Å². The zero-order chi connectivity index (χ0) is 11.6. The van der Waals surface area contributed by atoms with Gasteiger partial charge in [-0.05, 0) is 13.3 Å². The summed E-state index contributed by atoms with van der Waals surface area (Å²) in [7, 11) is 1.39. The number of hydrogen-bond donors (Lipinski definition) is 0. The molecule has 0 aromatic heterocycles.